The van der Waals surface area contributed by atoms with Gasteiger partial charge in [-0.3, -0.25) is 9.10 Å². The third-order valence-electron chi connectivity index (χ3n) is 4.16. The second kappa shape index (κ2) is 7.71. The normalized spacial score (nSPS) is 21.0. The molecule has 0 amide bonds. The zero-order valence-corrected chi connectivity index (χ0v) is 13.7. The Bertz CT molecular complexity index is 463. The van der Waals surface area contributed by atoms with Crippen molar-refractivity contribution in [3.05, 3.63) is 35.1 Å². The summed E-state index contributed by atoms with van der Waals surface area (Å²) in [4.78, 5) is 12.9. The number of nitrogens with zero attached hydrogens (tertiary/aromatic N) is 2. The summed E-state index contributed by atoms with van der Waals surface area (Å²) < 4.78 is 7.07. The molecule has 0 bridgehead atoms. The molecule has 1 saturated heterocycles. The number of allylic oxidation sites excluding steroid dienone is 4. The molecule has 21 heavy (non-hydrogen) atoms. The van der Waals surface area contributed by atoms with Crippen molar-refractivity contribution in [3.8, 4) is 0 Å². The minimum atomic E-state index is 0.330. The molecular weight excluding hydrogens is 284 g/mol. The van der Waals surface area contributed by atoms with Gasteiger partial charge in [-0.25, -0.2) is 0 Å². The lowest BCUT2D eigenvalue weighted by Gasteiger charge is -2.37. The Labute approximate surface area is 132 Å². The summed E-state index contributed by atoms with van der Waals surface area (Å²) in [6.45, 7) is 4.94. The number of piperidine rings is 1. The van der Waals surface area contributed by atoms with Crippen LogP contribution in [0.2, 0.25) is 0 Å². The third-order valence-corrected chi connectivity index (χ3v) is 4.56. The van der Waals surface area contributed by atoms with Crippen LogP contribution < -0.4 is 0 Å². The molecule has 5 heteroatoms. The van der Waals surface area contributed by atoms with Crippen molar-refractivity contribution in [1.82, 2.24) is 9.21 Å². The average Bonchev–Trinajstić information content (AvgIpc) is 2.66. The van der Waals surface area contributed by atoms with Crippen molar-refractivity contribution in [2.45, 2.75) is 32.2 Å². The van der Waals surface area contributed by atoms with Gasteiger partial charge in [0.15, 0.2) is 0 Å². The predicted molar refractivity (Wildman–Crippen MR) is 87.9 cm³/mol. The van der Waals surface area contributed by atoms with E-state index in [1.165, 1.54) is 11.3 Å². The Morgan fingerprint density at radius 2 is 2.14 bits per heavy atom. The first kappa shape index (κ1) is 16.2. The molecule has 0 saturated carbocycles. The standard InChI is InChI=1S/C16H24N2O2S/c1-13-4-3-5-16(14(10-13)11-20-12-19)17(2)15-6-8-18(21)9-7-15/h4-5,10,12,15,21H,3,6-9,11H2,1-2H3. The second-order valence-corrected chi connectivity index (χ2v) is 6.21. The summed E-state index contributed by atoms with van der Waals surface area (Å²) in [6, 6.07) is 0.512. The summed E-state index contributed by atoms with van der Waals surface area (Å²) in [7, 11) is 2.14. The van der Waals surface area contributed by atoms with Gasteiger partial charge in [-0.2, -0.15) is 0 Å². The molecule has 1 aliphatic heterocycles. The van der Waals surface area contributed by atoms with Crippen LogP contribution in [-0.2, 0) is 9.53 Å². The number of ether oxygens (including phenoxy) is 1. The van der Waals surface area contributed by atoms with E-state index in [9.17, 15) is 4.79 Å². The Kier molecular flexibility index (Phi) is 5.94. The maximum atomic E-state index is 10.5. The van der Waals surface area contributed by atoms with Gasteiger partial charge in [0.25, 0.3) is 6.47 Å². The van der Waals surface area contributed by atoms with Crippen LogP contribution in [0.15, 0.2) is 35.1 Å². The van der Waals surface area contributed by atoms with Crippen LogP contribution in [0.25, 0.3) is 0 Å². The lowest BCUT2D eigenvalue weighted by atomic mass is 10.0. The summed E-state index contributed by atoms with van der Waals surface area (Å²) in [5, 5.41) is 0. The lowest BCUT2D eigenvalue weighted by molar-refractivity contribution is -0.127. The van der Waals surface area contributed by atoms with Crippen LogP contribution in [0.5, 0.6) is 0 Å². The van der Waals surface area contributed by atoms with E-state index in [0.29, 0.717) is 19.1 Å². The van der Waals surface area contributed by atoms with Crippen molar-refractivity contribution in [2.24, 2.45) is 0 Å². The van der Waals surface area contributed by atoms with Gasteiger partial charge in [0.05, 0.1) is 0 Å². The first-order chi connectivity index (χ1) is 10.1. The molecule has 2 rings (SSSR count). The highest BCUT2D eigenvalue weighted by atomic mass is 32.1. The lowest BCUT2D eigenvalue weighted by Crippen LogP contribution is -2.40. The van der Waals surface area contributed by atoms with E-state index in [0.717, 1.165) is 37.9 Å². The minimum Gasteiger partial charge on any atom is -0.463 e. The summed E-state index contributed by atoms with van der Waals surface area (Å²) >= 11 is 4.41. The molecule has 4 nitrogen and oxygen atoms in total. The summed E-state index contributed by atoms with van der Waals surface area (Å²) in [6.07, 6.45) is 9.66. The Morgan fingerprint density at radius 3 is 2.81 bits per heavy atom. The van der Waals surface area contributed by atoms with Crippen LogP contribution in [0, 0.1) is 0 Å². The van der Waals surface area contributed by atoms with Gasteiger partial charge in [-0.1, -0.05) is 36.6 Å². The van der Waals surface area contributed by atoms with Crippen LogP contribution in [-0.4, -0.2) is 48.5 Å². The molecule has 0 aromatic heterocycles. The first-order valence-corrected chi connectivity index (χ1v) is 7.81. The van der Waals surface area contributed by atoms with Crippen molar-refractivity contribution >= 4 is 19.3 Å². The smallest absolute Gasteiger partial charge is 0.293 e. The largest absolute Gasteiger partial charge is 0.463 e. The maximum absolute atomic E-state index is 10.5. The maximum Gasteiger partial charge on any atom is 0.293 e. The molecule has 2 aliphatic rings. The highest BCUT2D eigenvalue weighted by molar-refractivity contribution is 7.77. The molecule has 0 atom stereocenters. The number of carbonyl (C=O) groups excluding carboxylic acids is 1. The van der Waals surface area contributed by atoms with Crippen molar-refractivity contribution in [3.63, 3.8) is 0 Å². The van der Waals surface area contributed by atoms with Crippen LogP contribution >= 0.6 is 12.8 Å². The topological polar surface area (TPSA) is 32.8 Å². The van der Waals surface area contributed by atoms with E-state index in [-0.39, 0.29) is 0 Å². The van der Waals surface area contributed by atoms with Gasteiger partial charge in [0.2, 0.25) is 0 Å². The van der Waals surface area contributed by atoms with E-state index in [1.54, 1.807) is 0 Å². The zero-order chi connectivity index (χ0) is 15.2. The van der Waals surface area contributed by atoms with Gasteiger partial charge in [-0.05, 0) is 26.2 Å². The van der Waals surface area contributed by atoms with Gasteiger partial charge in [0.1, 0.15) is 6.61 Å². The molecule has 0 radical (unpaired) electrons. The van der Waals surface area contributed by atoms with E-state index in [2.05, 4.69) is 54.2 Å². The highest BCUT2D eigenvalue weighted by Crippen LogP contribution is 2.26. The molecule has 1 heterocycles. The Hall–Kier alpha value is -1.20. The molecular formula is C16H24N2O2S. The number of thiol groups is 1. The third kappa shape index (κ3) is 4.38. The van der Waals surface area contributed by atoms with Crippen molar-refractivity contribution < 1.29 is 9.53 Å². The van der Waals surface area contributed by atoms with E-state index >= 15 is 0 Å². The van der Waals surface area contributed by atoms with Gasteiger partial charge in [0, 0.05) is 37.4 Å². The summed E-state index contributed by atoms with van der Waals surface area (Å²) in [5.41, 5.74) is 3.47. The number of rotatable bonds is 5. The Balaban J connectivity index is 2.12. The van der Waals surface area contributed by atoms with Gasteiger partial charge < -0.3 is 9.64 Å². The van der Waals surface area contributed by atoms with Crippen LogP contribution in [0.3, 0.4) is 0 Å². The quantitative estimate of drug-likeness (QED) is 0.625. The molecule has 0 aromatic carbocycles. The average molecular weight is 308 g/mol. The highest BCUT2D eigenvalue weighted by Gasteiger charge is 2.24. The fraction of sp³-hybridized carbons (Fsp3) is 0.562. The van der Waals surface area contributed by atoms with Gasteiger partial charge in [-0.15, -0.1) is 0 Å². The Morgan fingerprint density at radius 1 is 1.43 bits per heavy atom. The molecule has 1 fully saturated rings. The van der Waals surface area contributed by atoms with E-state index in [4.69, 9.17) is 4.74 Å². The van der Waals surface area contributed by atoms with Crippen LogP contribution in [0.4, 0.5) is 0 Å². The van der Waals surface area contributed by atoms with E-state index in [1.807, 2.05) is 0 Å². The SMILES string of the molecule is CC1=CCC=C(N(C)C2CCN(S)CC2)C(COC=O)=C1. The molecule has 0 aromatic rings. The number of carbonyl (C=O) groups is 1. The molecule has 0 N–H and O–H groups in total. The minimum absolute atomic E-state index is 0.330. The molecule has 116 valence electrons. The fourth-order valence-corrected chi connectivity index (χ4v) is 3.17. The molecule has 0 unspecified atom stereocenters. The molecule has 0 spiro atoms. The van der Waals surface area contributed by atoms with Gasteiger partial charge >= 0.3 is 0 Å². The van der Waals surface area contributed by atoms with Crippen molar-refractivity contribution in [2.75, 3.05) is 26.7 Å². The first-order valence-electron chi connectivity index (χ1n) is 7.41. The number of likely N-dealkylation sites (N-methyl/N-ethyl adjacent to an activating group) is 1. The van der Waals surface area contributed by atoms with Crippen molar-refractivity contribution in [1.29, 1.82) is 0 Å². The fourth-order valence-electron chi connectivity index (χ4n) is 2.94. The summed E-state index contributed by atoms with van der Waals surface area (Å²) in [5.74, 6) is 0. The number of hydrogen-bond acceptors (Lipinski definition) is 5. The predicted octanol–water partition coefficient (Wildman–Crippen LogP) is 2.56. The van der Waals surface area contributed by atoms with Crippen LogP contribution in [0.1, 0.15) is 26.2 Å². The van der Waals surface area contributed by atoms with E-state index < -0.39 is 0 Å². The zero-order valence-electron chi connectivity index (χ0n) is 12.8. The molecule has 1 aliphatic carbocycles. The second-order valence-electron chi connectivity index (χ2n) is 5.65. The monoisotopic (exact) mass is 308 g/mol. The number of hydrogen-bond donors (Lipinski definition) is 1.